The second-order valence-corrected chi connectivity index (χ2v) is 9.52. The average molecular weight is 472 g/mol. The molecule has 2 aromatic rings. The van der Waals surface area contributed by atoms with E-state index in [9.17, 15) is 22.8 Å². The fraction of sp³-hybridized carbons (Fsp3) is 0.423. The summed E-state index contributed by atoms with van der Waals surface area (Å²) >= 11 is 0. The fourth-order valence-electron chi connectivity index (χ4n) is 5.52. The number of alkyl halides is 3. The minimum absolute atomic E-state index is 0.208. The summed E-state index contributed by atoms with van der Waals surface area (Å²) < 4.78 is 41.8. The average Bonchev–Trinajstić information content (AvgIpc) is 2.73. The van der Waals surface area contributed by atoms with Crippen LogP contribution in [-0.4, -0.2) is 29.2 Å². The first-order chi connectivity index (χ1) is 15.9. The van der Waals surface area contributed by atoms with E-state index in [4.69, 9.17) is 4.99 Å². The Hall–Kier alpha value is -3.16. The van der Waals surface area contributed by atoms with E-state index in [1.807, 2.05) is 19.1 Å². The van der Waals surface area contributed by atoms with E-state index >= 15 is 0 Å². The van der Waals surface area contributed by atoms with Gasteiger partial charge >= 0.3 is 6.18 Å². The molecule has 2 N–H and O–H groups in total. The van der Waals surface area contributed by atoms with Gasteiger partial charge < -0.3 is 10.6 Å². The van der Waals surface area contributed by atoms with Gasteiger partial charge in [0.2, 0.25) is 11.8 Å². The Balaban J connectivity index is 1.92. The Morgan fingerprint density at radius 1 is 0.941 bits per heavy atom. The van der Waals surface area contributed by atoms with Gasteiger partial charge in [-0.1, -0.05) is 38.0 Å². The molecule has 1 saturated carbocycles. The van der Waals surface area contributed by atoms with Gasteiger partial charge in [0, 0.05) is 41.8 Å². The lowest BCUT2D eigenvalue weighted by Gasteiger charge is -2.53. The molecular formula is C26H28F3N3O2. The molecule has 4 rings (SSSR count). The predicted octanol–water partition coefficient (Wildman–Crippen LogP) is 5.98. The number of rotatable bonds is 4. The quantitative estimate of drug-likeness (QED) is 0.576. The van der Waals surface area contributed by atoms with Crippen LogP contribution in [0.15, 0.2) is 47.5 Å². The Bertz CT molecular complexity index is 1160. The molecule has 1 aliphatic carbocycles. The summed E-state index contributed by atoms with van der Waals surface area (Å²) in [6, 6.07) is 12.4. The Labute approximate surface area is 196 Å². The van der Waals surface area contributed by atoms with Crippen molar-refractivity contribution in [2.75, 3.05) is 10.6 Å². The highest BCUT2D eigenvalue weighted by molar-refractivity contribution is 6.15. The van der Waals surface area contributed by atoms with E-state index in [2.05, 4.69) is 10.6 Å². The normalized spacial score (nSPS) is 23.9. The van der Waals surface area contributed by atoms with E-state index in [0.717, 1.165) is 17.5 Å². The van der Waals surface area contributed by atoms with Crippen molar-refractivity contribution in [1.29, 1.82) is 0 Å². The van der Waals surface area contributed by atoms with Gasteiger partial charge in [-0.25, -0.2) is 0 Å². The maximum absolute atomic E-state index is 13.9. The number of anilines is 2. The van der Waals surface area contributed by atoms with Crippen LogP contribution in [0.1, 0.15) is 69.6 Å². The second-order valence-electron chi connectivity index (χ2n) is 9.52. The van der Waals surface area contributed by atoms with Gasteiger partial charge in [-0.15, -0.1) is 0 Å². The van der Waals surface area contributed by atoms with Crippen LogP contribution < -0.4 is 10.6 Å². The van der Waals surface area contributed by atoms with Gasteiger partial charge in [0.25, 0.3) is 0 Å². The number of nitrogens with one attached hydrogen (secondary N) is 2. The fourth-order valence-corrected chi connectivity index (χ4v) is 5.52. The molecule has 34 heavy (non-hydrogen) atoms. The maximum Gasteiger partial charge on any atom is 0.391 e. The topological polar surface area (TPSA) is 70.6 Å². The summed E-state index contributed by atoms with van der Waals surface area (Å²) in [5.41, 5.74) is 1.71. The highest BCUT2D eigenvalue weighted by atomic mass is 19.4. The number of nitrogens with zero attached hydrogens (tertiary/aromatic N) is 1. The summed E-state index contributed by atoms with van der Waals surface area (Å²) in [6.07, 6.45) is -2.98. The first-order valence-electron chi connectivity index (χ1n) is 11.4. The molecule has 0 aromatic heterocycles. The molecule has 1 heterocycles. The molecule has 8 heteroatoms. The largest absolute Gasteiger partial charge is 0.391 e. The van der Waals surface area contributed by atoms with Crippen LogP contribution in [0.3, 0.4) is 0 Å². The molecule has 1 fully saturated rings. The van der Waals surface area contributed by atoms with E-state index in [-0.39, 0.29) is 11.8 Å². The molecule has 2 atom stereocenters. The summed E-state index contributed by atoms with van der Waals surface area (Å²) in [7, 11) is 0. The zero-order valence-electron chi connectivity index (χ0n) is 19.5. The molecule has 0 saturated heterocycles. The van der Waals surface area contributed by atoms with Crippen molar-refractivity contribution in [2.45, 2.75) is 70.0 Å². The summed E-state index contributed by atoms with van der Waals surface area (Å²) in [5.74, 6) is -0.450. The van der Waals surface area contributed by atoms with Crippen molar-refractivity contribution < 1.29 is 22.8 Å². The third-order valence-corrected chi connectivity index (χ3v) is 7.03. The van der Waals surface area contributed by atoms with Gasteiger partial charge in [-0.3, -0.25) is 14.6 Å². The number of halogens is 3. The number of fused-ring (bicyclic) bond motifs is 3. The number of benzene rings is 2. The number of hydrogen-bond acceptors (Lipinski definition) is 3. The van der Waals surface area contributed by atoms with Crippen LogP contribution in [0.4, 0.5) is 24.5 Å². The predicted molar refractivity (Wildman–Crippen MR) is 126 cm³/mol. The maximum atomic E-state index is 13.9. The monoisotopic (exact) mass is 471 g/mol. The summed E-state index contributed by atoms with van der Waals surface area (Å²) in [5, 5.41) is 5.47. The lowest BCUT2D eigenvalue weighted by molar-refractivity contribution is -0.156. The Morgan fingerprint density at radius 2 is 1.53 bits per heavy atom. The van der Waals surface area contributed by atoms with Gasteiger partial charge in [0.05, 0.1) is 17.7 Å². The van der Waals surface area contributed by atoms with Crippen LogP contribution in [0.25, 0.3) is 0 Å². The third kappa shape index (κ3) is 4.45. The number of amides is 2. The molecular weight excluding hydrogens is 443 g/mol. The van der Waals surface area contributed by atoms with Gasteiger partial charge in [-0.05, 0) is 42.7 Å². The lowest BCUT2D eigenvalue weighted by atomic mass is 9.55. The minimum Gasteiger partial charge on any atom is -0.326 e. The zero-order chi connectivity index (χ0) is 24.7. The minimum atomic E-state index is -4.38. The van der Waals surface area contributed by atoms with Crippen LogP contribution in [-0.2, 0) is 15.0 Å². The van der Waals surface area contributed by atoms with E-state index in [0.29, 0.717) is 41.9 Å². The Morgan fingerprint density at radius 3 is 2.15 bits per heavy atom. The molecule has 5 nitrogen and oxygen atoms in total. The van der Waals surface area contributed by atoms with Gasteiger partial charge in [0.15, 0.2) is 0 Å². The van der Waals surface area contributed by atoms with Crippen molar-refractivity contribution >= 4 is 28.9 Å². The second kappa shape index (κ2) is 8.56. The van der Waals surface area contributed by atoms with Crippen molar-refractivity contribution in [1.82, 2.24) is 0 Å². The van der Waals surface area contributed by atoms with Crippen LogP contribution in [0, 0.1) is 0 Å². The Kier molecular flexibility index (Phi) is 6.04. The number of hydrogen-bond donors (Lipinski definition) is 2. The molecule has 2 unspecified atom stereocenters. The van der Waals surface area contributed by atoms with E-state index in [1.54, 1.807) is 30.3 Å². The van der Waals surface area contributed by atoms with Crippen molar-refractivity contribution in [2.24, 2.45) is 4.99 Å². The summed E-state index contributed by atoms with van der Waals surface area (Å²) in [6.45, 7) is 4.69. The van der Waals surface area contributed by atoms with E-state index < -0.39 is 23.6 Å². The summed E-state index contributed by atoms with van der Waals surface area (Å²) in [4.78, 5) is 28.0. The van der Waals surface area contributed by atoms with Crippen LogP contribution in [0.2, 0.25) is 0 Å². The first kappa shape index (κ1) is 24.0. The zero-order valence-corrected chi connectivity index (χ0v) is 19.5. The molecule has 0 radical (unpaired) electrons. The first-order valence-corrected chi connectivity index (χ1v) is 11.4. The standard InChI is InChI=1S/C26H28F3N3O2/c1-16(33)30-19-8-6-18(7-9-19)23-21-11-10-20(31-17(2)34)14-22(21)24(3)12-4-5-13-25(24,32-23)15-26(27,28)29/h6-11,14H,4-5,12-13,15H2,1-3H3,(H,30,33)(H,31,34). The van der Waals surface area contributed by atoms with Crippen LogP contribution >= 0.6 is 0 Å². The SMILES string of the molecule is CC(=O)Nc1ccc(C2=NC3(CC(F)(F)F)CCCCC3(C)c3cc(NC(C)=O)ccc32)cc1. The van der Waals surface area contributed by atoms with Crippen molar-refractivity contribution in [3.05, 3.63) is 59.2 Å². The highest BCUT2D eigenvalue weighted by Crippen LogP contribution is 2.56. The molecule has 0 bridgehead atoms. The smallest absolute Gasteiger partial charge is 0.326 e. The van der Waals surface area contributed by atoms with Crippen LogP contribution in [0.5, 0.6) is 0 Å². The number of aliphatic imine (C=N–C) groups is 1. The van der Waals surface area contributed by atoms with Crippen molar-refractivity contribution in [3.63, 3.8) is 0 Å². The molecule has 0 spiro atoms. The lowest BCUT2D eigenvalue weighted by Crippen LogP contribution is -2.56. The molecule has 2 aliphatic rings. The molecule has 2 aromatic carbocycles. The highest BCUT2D eigenvalue weighted by Gasteiger charge is 2.58. The van der Waals surface area contributed by atoms with Crippen molar-refractivity contribution in [3.8, 4) is 0 Å². The number of carbonyl (C=O) groups excluding carboxylic acids is 2. The molecule has 180 valence electrons. The third-order valence-electron chi connectivity index (χ3n) is 7.03. The van der Waals surface area contributed by atoms with Gasteiger partial charge in [-0.2, -0.15) is 13.2 Å². The number of carbonyl (C=O) groups is 2. The molecule has 1 aliphatic heterocycles. The van der Waals surface area contributed by atoms with E-state index in [1.165, 1.54) is 13.8 Å². The van der Waals surface area contributed by atoms with Gasteiger partial charge in [0.1, 0.15) is 0 Å². The molecule has 2 amide bonds.